The summed E-state index contributed by atoms with van der Waals surface area (Å²) in [4.78, 5) is 12.5. The molecule has 32 heavy (non-hydrogen) atoms. The van der Waals surface area contributed by atoms with Crippen LogP contribution < -0.4 is 4.74 Å². The average molecular weight is 439 g/mol. The molecule has 0 heterocycles. The van der Waals surface area contributed by atoms with Crippen molar-refractivity contribution in [3.8, 4) is 5.75 Å². The van der Waals surface area contributed by atoms with E-state index in [0.717, 1.165) is 24.8 Å². The molecule has 2 aromatic rings. The summed E-state index contributed by atoms with van der Waals surface area (Å²) >= 11 is 0. The highest BCUT2D eigenvalue weighted by molar-refractivity contribution is 6.48. The van der Waals surface area contributed by atoms with Crippen LogP contribution in [0.15, 0.2) is 58.8 Å². The van der Waals surface area contributed by atoms with Gasteiger partial charge in [0.25, 0.3) is 0 Å². The van der Waals surface area contributed by atoms with Crippen molar-refractivity contribution < 1.29 is 19.9 Å². The number of unbranched alkanes of at least 4 members (excludes halogenated alkanes) is 7. The van der Waals surface area contributed by atoms with Crippen LogP contribution >= 0.6 is 0 Å². The first-order valence-corrected chi connectivity index (χ1v) is 11.4. The summed E-state index contributed by atoms with van der Waals surface area (Å²) in [6.07, 6.45) is 9.65. The summed E-state index contributed by atoms with van der Waals surface area (Å²) in [5, 5.41) is 26.1. The molecule has 0 aliphatic rings. The van der Waals surface area contributed by atoms with Gasteiger partial charge in [-0.15, -0.1) is 0 Å². The SMILES string of the molecule is CCCCCCCCCCC(=N\O)/C(=N/O)c1cc(C)ccc1OC(=O)c1ccccc1. The molecule has 2 aromatic carbocycles. The molecule has 0 radical (unpaired) electrons. The first-order valence-electron chi connectivity index (χ1n) is 11.4. The van der Waals surface area contributed by atoms with Crippen LogP contribution in [0.1, 0.15) is 86.2 Å². The lowest BCUT2D eigenvalue weighted by molar-refractivity contribution is 0.0734. The molecule has 0 unspecified atom stereocenters. The molecule has 0 aliphatic heterocycles. The largest absolute Gasteiger partial charge is 0.422 e. The van der Waals surface area contributed by atoms with Gasteiger partial charge in [0.2, 0.25) is 0 Å². The maximum absolute atomic E-state index is 12.5. The zero-order valence-corrected chi connectivity index (χ0v) is 19.1. The van der Waals surface area contributed by atoms with Crippen LogP contribution in [0.25, 0.3) is 0 Å². The molecule has 0 aromatic heterocycles. The second-order valence-corrected chi connectivity index (χ2v) is 7.98. The van der Waals surface area contributed by atoms with Crippen LogP contribution in [0, 0.1) is 6.92 Å². The quantitative estimate of drug-likeness (QED) is 0.0903. The third-order valence-corrected chi connectivity index (χ3v) is 5.36. The molecule has 0 amide bonds. The van der Waals surface area contributed by atoms with E-state index < -0.39 is 5.97 Å². The van der Waals surface area contributed by atoms with E-state index in [-0.39, 0.29) is 17.2 Å². The monoisotopic (exact) mass is 438 g/mol. The molecule has 172 valence electrons. The number of hydrogen-bond acceptors (Lipinski definition) is 6. The molecule has 0 aliphatic carbocycles. The third-order valence-electron chi connectivity index (χ3n) is 5.36. The van der Waals surface area contributed by atoms with E-state index in [0.29, 0.717) is 17.5 Å². The van der Waals surface area contributed by atoms with Gasteiger partial charge in [-0.3, -0.25) is 0 Å². The number of aryl methyl sites for hydroxylation is 1. The van der Waals surface area contributed by atoms with Gasteiger partial charge in [0.05, 0.1) is 5.56 Å². The van der Waals surface area contributed by atoms with Crippen LogP contribution in [-0.4, -0.2) is 27.8 Å². The Kier molecular flexibility index (Phi) is 11.0. The van der Waals surface area contributed by atoms with Gasteiger partial charge in [0.1, 0.15) is 17.2 Å². The predicted molar refractivity (Wildman–Crippen MR) is 127 cm³/mol. The summed E-state index contributed by atoms with van der Waals surface area (Å²) < 4.78 is 5.59. The van der Waals surface area contributed by atoms with Gasteiger partial charge < -0.3 is 15.2 Å². The Bertz CT molecular complexity index is 907. The maximum Gasteiger partial charge on any atom is 0.343 e. The predicted octanol–water partition coefficient (Wildman–Crippen LogP) is 6.75. The molecule has 0 bridgehead atoms. The average Bonchev–Trinajstić information content (AvgIpc) is 2.82. The number of esters is 1. The minimum Gasteiger partial charge on any atom is -0.422 e. The Morgan fingerprint density at radius 2 is 1.53 bits per heavy atom. The highest BCUT2D eigenvalue weighted by atomic mass is 16.5. The van der Waals surface area contributed by atoms with Crippen LogP contribution in [0.3, 0.4) is 0 Å². The van der Waals surface area contributed by atoms with Crippen molar-refractivity contribution in [1.82, 2.24) is 0 Å². The lowest BCUT2D eigenvalue weighted by Crippen LogP contribution is -2.19. The lowest BCUT2D eigenvalue weighted by atomic mass is 9.98. The molecule has 2 rings (SSSR count). The van der Waals surface area contributed by atoms with Gasteiger partial charge in [-0.1, -0.05) is 92.0 Å². The van der Waals surface area contributed by atoms with Crippen molar-refractivity contribution in [2.45, 2.75) is 71.6 Å². The van der Waals surface area contributed by atoms with E-state index in [1.54, 1.807) is 42.5 Å². The topological polar surface area (TPSA) is 91.5 Å². The zero-order valence-electron chi connectivity index (χ0n) is 19.1. The molecule has 0 saturated heterocycles. The minimum absolute atomic E-state index is 0.106. The van der Waals surface area contributed by atoms with E-state index in [9.17, 15) is 15.2 Å². The standard InChI is InChI=1S/C26H34N2O4/c1-3-4-5-6-7-8-9-13-16-23(27-30)25(28-31)22-19-20(2)17-18-24(22)32-26(29)21-14-11-10-12-15-21/h10-12,14-15,17-19,30-31H,3-9,13,16H2,1-2H3/b27-23+,28-25+. The van der Waals surface area contributed by atoms with Crippen molar-refractivity contribution in [2.75, 3.05) is 0 Å². The van der Waals surface area contributed by atoms with E-state index >= 15 is 0 Å². The Hall–Kier alpha value is -3.15. The van der Waals surface area contributed by atoms with Crippen LogP contribution in [-0.2, 0) is 0 Å². The first-order chi connectivity index (χ1) is 15.6. The fourth-order valence-corrected chi connectivity index (χ4v) is 3.56. The Morgan fingerprint density at radius 3 is 2.16 bits per heavy atom. The summed E-state index contributed by atoms with van der Waals surface area (Å²) in [5.74, 6) is -0.270. The molecular formula is C26H34N2O4. The van der Waals surface area contributed by atoms with Crippen molar-refractivity contribution >= 4 is 17.4 Å². The molecule has 0 fully saturated rings. The van der Waals surface area contributed by atoms with E-state index in [4.69, 9.17) is 4.74 Å². The van der Waals surface area contributed by atoms with Gasteiger partial charge in [0, 0.05) is 5.56 Å². The smallest absolute Gasteiger partial charge is 0.343 e. The van der Waals surface area contributed by atoms with Crippen molar-refractivity contribution in [1.29, 1.82) is 0 Å². The molecular weight excluding hydrogens is 404 g/mol. The number of oxime groups is 2. The second kappa shape index (κ2) is 14.0. The molecule has 6 heteroatoms. The normalized spacial score (nSPS) is 12.1. The van der Waals surface area contributed by atoms with Gasteiger partial charge in [-0.25, -0.2) is 4.79 Å². The van der Waals surface area contributed by atoms with Crippen LogP contribution in [0.5, 0.6) is 5.75 Å². The number of nitrogens with zero attached hydrogens (tertiary/aromatic N) is 2. The molecule has 0 spiro atoms. The van der Waals surface area contributed by atoms with E-state index in [2.05, 4.69) is 17.2 Å². The zero-order chi connectivity index (χ0) is 23.2. The molecule has 0 saturated carbocycles. The number of rotatable bonds is 13. The van der Waals surface area contributed by atoms with Gasteiger partial charge in [0.15, 0.2) is 0 Å². The number of carbonyl (C=O) groups is 1. The highest BCUT2D eigenvalue weighted by Crippen LogP contribution is 2.24. The van der Waals surface area contributed by atoms with Crippen LogP contribution in [0.4, 0.5) is 0 Å². The summed E-state index contributed by atoms with van der Waals surface area (Å²) in [7, 11) is 0. The maximum atomic E-state index is 12.5. The highest BCUT2D eigenvalue weighted by Gasteiger charge is 2.20. The minimum atomic E-state index is -0.515. The molecule has 0 atom stereocenters. The van der Waals surface area contributed by atoms with Gasteiger partial charge >= 0.3 is 5.97 Å². The number of carbonyl (C=O) groups excluding carboxylic acids is 1. The Morgan fingerprint density at radius 1 is 0.875 bits per heavy atom. The fourth-order valence-electron chi connectivity index (χ4n) is 3.56. The fraction of sp³-hybridized carbons (Fsp3) is 0.423. The number of benzene rings is 2. The van der Waals surface area contributed by atoms with Crippen molar-refractivity contribution in [3.05, 3.63) is 65.2 Å². The third kappa shape index (κ3) is 7.84. The number of hydrogen-bond donors (Lipinski definition) is 2. The first kappa shape index (κ1) is 25.1. The Balaban J connectivity index is 2.06. The van der Waals surface area contributed by atoms with Crippen molar-refractivity contribution in [3.63, 3.8) is 0 Å². The summed E-state index contributed by atoms with van der Waals surface area (Å²) in [6.45, 7) is 4.09. The Labute approximate surface area is 190 Å². The van der Waals surface area contributed by atoms with Crippen LogP contribution in [0.2, 0.25) is 0 Å². The van der Waals surface area contributed by atoms with E-state index in [1.807, 2.05) is 13.0 Å². The lowest BCUT2D eigenvalue weighted by Gasteiger charge is -2.13. The van der Waals surface area contributed by atoms with Gasteiger partial charge in [-0.2, -0.15) is 0 Å². The van der Waals surface area contributed by atoms with E-state index in [1.165, 1.54) is 32.1 Å². The number of ether oxygens (including phenoxy) is 1. The van der Waals surface area contributed by atoms with Gasteiger partial charge in [-0.05, 0) is 44.0 Å². The summed E-state index contributed by atoms with van der Waals surface area (Å²) in [6, 6.07) is 13.9. The molecule has 2 N–H and O–H groups in total. The van der Waals surface area contributed by atoms with Crippen molar-refractivity contribution in [2.24, 2.45) is 10.3 Å². The second-order valence-electron chi connectivity index (χ2n) is 7.98. The summed E-state index contributed by atoms with van der Waals surface area (Å²) in [5.41, 5.74) is 2.08. The molecule has 6 nitrogen and oxygen atoms in total.